The predicted octanol–water partition coefficient (Wildman–Crippen LogP) is 4.58. The van der Waals surface area contributed by atoms with E-state index >= 15 is 0 Å². The lowest BCUT2D eigenvalue weighted by molar-refractivity contribution is 0.103. The Morgan fingerprint density at radius 3 is 2.70 bits per heavy atom. The number of carbonyl (C=O) groups excluding carboxylic acids is 1. The molecule has 0 saturated heterocycles. The molecule has 1 amide bonds. The highest BCUT2D eigenvalue weighted by molar-refractivity contribution is 7.21. The lowest BCUT2D eigenvalue weighted by Gasteiger charge is -2.18. The van der Waals surface area contributed by atoms with E-state index in [9.17, 15) is 4.79 Å². The van der Waals surface area contributed by atoms with Gasteiger partial charge in [-0.2, -0.15) is 0 Å². The van der Waals surface area contributed by atoms with Gasteiger partial charge >= 0.3 is 0 Å². The highest BCUT2D eigenvalue weighted by Crippen LogP contribution is 2.36. The van der Waals surface area contributed by atoms with Crippen molar-refractivity contribution in [2.45, 2.75) is 0 Å². The van der Waals surface area contributed by atoms with Gasteiger partial charge in [-0.3, -0.25) is 4.79 Å². The number of ether oxygens (including phenoxy) is 2. The normalized spacial score (nSPS) is 13.1. The van der Waals surface area contributed by atoms with E-state index in [1.807, 2.05) is 24.3 Å². The van der Waals surface area contributed by atoms with Crippen molar-refractivity contribution >= 4 is 44.6 Å². The molecule has 2 aromatic carbocycles. The standard InChI is InChI=1S/C17H12ClNO3S/c18-15-11-3-1-2-4-14(11)23-16(15)17(20)19-10-5-6-12-13(9-10)22-8-7-21-12/h1-6,9H,7-8H2,(H,19,20). The Kier molecular flexibility index (Phi) is 3.59. The predicted molar refractivity (Wildman–Crippen MR) is 92.2 cm³/mol. The molecule has 0 bridgehead atoms. The first-order chi connectivity index (χ1) is 11.2. The summed E-state index contributed by atoms with van der Waals surface area (Å²) in [7, 11) is 0. The molecule has 6 heteroatoms. The van der Waals surface area contributed by atoms with Gasteiger partial charge in [0.2, 0.25) is 0 Å². The summed E-state index contributed by atoms with van der Waals surface area (Å²) in [5.74, 6) is 1.10. The van der Waals surface area contributed by atoms with Crippen molar-refractivity contribution < 1.29 is 14.3 Å². The van der Waals surface area contributed by atoms with Gasteiger partial charge in [0.25, 0.3) is 5.91 Å². The Morgan fingerprint density at radius 2 is 1.87 bits per heavy atom. The summed E-state index contributed by atoms with van der Waals surface area (Å²) < 4.78 is 12.0. The average Bonchev–Trinajstić information content (AvgIpc) is 2.92. The first-order valence-electron chi connectivity index (χ1n) is 7.10. The van der Waals surface area contributed by atoms with E-state index < -0.39 is 0 Å². The van der Waals surface area contributed by atoms with E-state index in [0.29, 0.717) is 40.3 Å². The van der Waals surface area contributed by atoms with Crippen LogP contribution in [0, 0.1) is 0 Å². The van der Waals surface area contributed by atoms with Crippen molar-refractivity contribution in [3.63, 3.8) is 0 Å². The molecule has 23 heavy (non-hydrogen) atoms. The zero-order valence-corrected chi connectivity index (χ0v) is 13.5. The molecule has 0 aliphatic carbocycles. The molecule has 1 aliphatic heterocycles. The molecule has 1 aliphatic rings. The number of fused-ring (bicyclic) bond motifs is 2. The molecule has 0 saturated carbocycles. The number of halogens is 1. The van der Waals surface area contributed by atoms with Crippen molar-refractivity contribution in [3.05, 3.63) is 52.4 Å². The third-order valence-electron chi connectivity index (χ3n) is 3.54. The quantitative estimate of drug-likeness (QED) is 0.739. The lowest BCUT2D eigenvalue weighted by atomic mass is 10.2. The molecule has 4 rings (SSSR count). The van der Waals surface area contributed by atoms with Crippen LogP contribution in [-0.4, -0.2) is 19.1 Å². The van der Waals surface area contributed by atoms with Gasteiger partial charge in [0.05, 0.1) is 5.02 Å². The maximum absolute atomic E-state index is 12.5. The van der Waals surface area contributed by atoms with E-state index in [2.05, 4.69) is 5.32 Å². The molecule has 3 aromatic rings. The second kappa shape index (κ2) is 5.76. The zero-order chi connectivity index (χ0) is 15.8. The molecule has 1 N–H and O–H groups in total. The van der Waals surface area contributed by atoms with Crippen LogP contribution in [0.2, 0.25) is 5.02 Å². The first-order valence-corrected chi connectivity index (χ1v) is 8.30. The van der Waals surface area contributed by atoms with Crippen molar-refractivity contribution in [1.29, 1.82) is 0 Å². The van der Waals surface area contributed by atoms with Crippen LogP contribution in [0.4, 0.5) is 5.69 Å². The lowest BCUT2D eigenvalue weighted by Crippen LogP contribution is -2.16. The second-order valence-electron chi connectivity index (χ2n) is 5.05. The number of nitrogens with one attached hydrogen (secondary N) is 1. The number of thiophene rings is 1. The second-order valence-corrected chi connectivity index (χ2v) is 6.48. The van der Waals surface area contributed by atoms with Crippen molar-refractivity contribution in [2.24, 2.45) is 0 Å². The third-order valence-corrected chi connectivity index (χ3v) is 5.22. The number of hydrogen-bond donors (Lipinski definition) is 1. The molecule has 2 heterocycles. The number of rotatable bonds is 2. The topological polar surface area (TPSA) is 47.6 Å². The Labute approximate surface area is 141 Å². The van der Waals surface area contributed by atoms with Crippen LogP contribution in [-0.2, 0) is 0 Å². The van der Waals surface area contributed by atoms with Crippen LogP contribution < -0.4 is 14.8 Å². The van der Waals surface area contributed by atoms with Gasteiger partial charge in [-0.1, -0.05) is 29.8 Å². The molecule has 1 aromatic heterocycles. The molecular formula is C17H12ClNO3S. The third kappa shape index (κ3) is 2.62. The summed E-state index contributed by atoms with van der Waals surface area (Å²) in [6.45, 7) is 1.04. The van der Waals surface area contributed by atoms with Gasteiger partial charge in [-0.25, -0.2) is 0 Å². The van der Waals surface area contributed by atoms with Gasteiger partial charge in [-0.15, -0.1) is 11.3 Å². The molecule has 0 radical (unpaired) electrons. The molecule has 4 nitrogen and oxygen atoms in total. The van der Waals surface area contributed by atoms with E-state index in [1.165, 1.54) is 11.3 Å². The number of hydrogen-bond acceptors (Lipinski definition) is 4. The summed E-state index contributed by atoms with van der Waals surface area (Å²) in [4.78, 5) is 13.0. The van der Waals surface area contributed by atoms with Crippen LogP contribution in [0.1, 0.15) is 9.67 Å². The minimum atomic E-state index is -0.229. The molecular weight excluding hydrogens is 334 g/mol. The summed E-state index contributed by atoms with van der Waals surface area (Å²) in [6, 6.07) is 13.0. The number of anilines is 1. The fourth-order valence-corrected chi connectivity index (χ4v) is 3.88. The van der Waals surface area contributed by atoms with E-state index in [4.69, 9.17) is 21.1 Å². The fraction of sp³-hybridized carbons (Fsp3) is 0.118. The van der Waals surface area contributed by atoms with Crippen molar-refractivity contribution in [1.82, 2.24) is 0 Å². The maximum Gasteiger partial charge on any atom is 0.267 e. The summed E-state index contributed by atoms with van der Waals surface area (Å²) >= 11 is 7.72. The molecule has 0 spiro atoms. The van der Waals surface area contributed by atoms with Crippen LogP contribution in [0.25, 0.3) is 10.1 Å². The average molecular weight is 346 g/mol. The first kappa shape index (κ1) is 14.4. The summed E-state index contributed by atoms with van der Waals surface area (Å²) in [6.07, 6.45) is 0. The number of carbonyl (C=O) groups is 1. The SMILES string of the molecule is O=C(Nc1ccc2c(c1)OCCO2)c1sc2ccccc2c1Cl. The van der Waals surface area contributed by atoms with E-state index in [1.54, 1.807) is 18.2 Å². The number of benzene rings is 2. The van der Waals surface area contributed by atoms with Crippen LogP contribution in [0.5, 0.6) is 11.5 Å². The Hall–Kier alpha value is -2.24. The number of amides is 1. The van der Waals surface area contributed by atoms with Gasteiger partial charge in [-0.05, 0) is 18.2 Å². The summed E-state index contributed by atoms with van der Waals surface area (Å²) in [5.41, 5.74) is 0.646. The minimum Gasteiger partial charge on any atom is -0.486 e. The van der Waals surface area contributed by atoms with Gasteiger partial charge in [0, 0.05) is 21.8 Å². The van der Waals surface area contributed by atoms with E-state index in [0.717, 1.165) is 10.1 Å². The largest absolute Gasteiger partial charge is 0.486 e. The zero-order valence-electron chi connectivity index (χ0n) is 12.0. The molecule has 0 unspecified atom stereocenters. The molecule has 0 fully saturated rings. The van der Waals surface area contributed by atoms with Crippen molar-refractivity contribution in [2.75, 3.05) is 18.5 Å². The fourth-order valence-electron chi connectivity index (χ4n) is 2.47. The summed E-state index contributed by atoms with van der Waals surface area (Å²) in [5, 5.41) is 4.24. The van der Waals surface area contributed by atoms with Crippen LogP contribution >= 0.6 is 22.9 Å². The maximum atomic E-state index is 12.5. The monoisotopic (exact) mass is 345 g/mol. The van der Waals surface area contributed by atoms with Crippen molar-refractivity contribution in [3.8, 4) is 11.5 Å². The molecule has 0 atom stereocenters. The minimum absolute atomic E-state index is 0.229. The smallest absolute Gasteiger partial charge is 0.267 e. The van der Waals surface area contributed by atoms with E-state index in [-0.39, 0.29) is 5.91 Å². The Bertz CT molecular complexity index is 906. The highest BCUT2D eigenvalue weighted by Gasteiger charge is 2.18. The van der Waals surface area contributed by atoms with Gasteiger partial charge in [0.1, 0.15) is 18.1 Å². The Balaban J connectivity index is 1.63. The Morgan fingerprint density at radius 1 is 1.09 bits per heavy atom. The van der Waals surface area contributed by atoms with Gasteiger partial charge < -0.3 is 14.8 Å². The molecule has 116 valence electrons. The van der Waals surface area contributed by atoms with Crippen LogP contribution in [0.3, 0.4) is 0 Å². The van der Waals surface area contributed by atoms with Crippen LogP contribution in [0.15, 0.2) is 42.5 Å². The van der Waals surface area contributed by atoms with Gasteiger partial charge in [0.15, 0.2) is 11.5 Å². The highest BCUT2D eigenvalue weighted by atomic mass is 35.5.